The molecule has 0 aliphatic heterocycles. The molecule has 0 aliphatic carbocycles. The van der Waals surface area contributed by atoms with Crippen LogP contribution in [0, 0.1) is 8.99 Å². The molecule has 1 amide bonds. The third-order valence-corrected chi connectivity index (χ3v) is 3.75. The first-order valence-electron chi connectivity index (χ1n) is 6.10. The van der Waals surface area contributed by atoms with Crippen LogP contribution in [0.1, 0.15) is 37.6 Å². The summed E-state index contributed by atoms with van der Waals surface area (Å²) in [5.41, 5.74) is 0.579. The van der Waals surface area contributed by atoms with Crippen molar-refractivity contribution in [2.75, 3.05) is 6.54 Å². The summed E-state index contributed by atoms with van der Waals surface area (Å²) >= 11 is 8.20. The Morgan fingerprint density at radius 2 is 2.11 bits per heavy atom. The molecular formula is C14H19ClINO2. The smallest absolute Gasteiger partial charge is 0.251 e. The molecule has 0 fully saturated rings. The SMILES string of the molecule is CC(C)(C)CC(Cl)CNC(=O)c1ccc(I)c(O)c1. The molecule has 1 unspecified atom stereocenters. The van der Waals surface area contributed by atoms with Gasteiger partial charge in [-0.15, -0.1) is 11.6 Å². The van der Waals surface area contributed by atoms with E-state index in [2.05, 4.69) is 26.1 Å². The van der Waals surface area contributed by atoms with Crippen LogP contribution in [0.25, 0.3) is 0 Å². The van der Waals surface area contributed by atoms with E-state index in [0.29, 0.717) is 12.1 Å². The van der Waals surface area contributed by atoms with Crippen molar-refractivity contribution in [2.45, 2.75) is 32.6 Å². The van der Waals surface area contributed by atoms with Crippen molar-refractivity contribution in [3.05, 3.63) is 27.3 Å². The van der Waals surface area contributed by atoms with Gasteiger partial charge in [-0.3, -0.25) is 4.79 Å². The van der Waals surface area contributed by atoms with Gasteiger partial charge in [-0.05, 0) is 52.6 Å². The fourth-order valence-corrected chi connectivity index (χ4v) is 2.57. The molecule has 0 bridgehead atoms. The minimum atomic E-state index is -0.216. The molecule has 1 atom stereocenters. The number of phenolic OH excluding ortho intramolecular Hbond substituents is 1. The molecule has 106 valence electrons. The first-order chi connectivity index (χ1) is 8.69. The number of hydrogen-bond donors (Lipinski definition) is 2. The van der Waals surface area contributed by atoms with E-state index in [1.807, 2.05) is 22.6 Å². The van der Waals surface area contributed by atoms with Crippen LogP contribution in [-0.4, -0.2) is 22.9 Å². The highest BCUT2D eigenvalue weighted by atomic mass is 127. The summed E-state index contributed by atoms with van der Waals surface area (Å²) in [6, 6.07) is 4.85. The number of halogens is 2. The van der Waals surface area contributed by atoms with Crippen molar-refractivity contribution < 1.29 is 9.90 Å². The maximum atomic E-state index is 11.9. The summed E-state index contributed by atoms with van der Waals surface area (Å²) in [5, 5.41) is 12.3. The van der Waals surface area contributed by atoms with Crippen LogP contribution in [0.5, 0.6) is 5.75 Å². The van der Waals surface area contributed by atoms with Crippen LogP contribution in [0.15, 0.2) is 18.2 Å². The quantitative estimate of drug-likeness (QED) is 0.602. The van der Waals surface area contributed by atoms with Crippen LogP contribution >= 0.6 is 34.2 Å². The van der Waals surface area contributed by atoms with E-state index in [1.54, 1.807) is 12.1 Å². The minimum absolute atomic E-state index is 0.0959. The number of amides is 1. The minimum Gasteiger partial charge on any atom is -0.507 e. The molecule has 0 saturated heterocycles. The van der Waals surface area contributed by atoms with Crippen LogP contribution < -0.4 is 5.32 Å². The number of aromatic hydroxyl groups is 1. The molecule has 3 nitrogen and oxygen atoms in total. The van der Waals surface area contributed by atoms with Gasteiger partial charge in [-0.25, -0.2) is 0 Å². The Morgan fingerprint density at radius 3 is 2.63 bits per heavy atom. The van der Waals surface area contributed by atoms with Gasteiger partial charge in [0.05, 0.1) is 8.95 Å². The Kier molecular flexibility index (Phi) is 5.92. The van der Waals surface area contributed by atoms with Gasteiger partial charge < -0.3 is 10.4 Å². The van der Waals surface area contributed by atoms with Gasteiger partial charge in [0.15, 0.2) is 0 Å². The predicted molar refractivity (Wildman–Crippen MR) is 86.9 cm³/mol. The number of phenols is 1. The Labute approximate surface area is 132 Å². The van der Waals surface area contributed by atoms with E-state index in [4.69, 9.17) is 11.6 Å². The van der Waals surface area contributed by atoms with Gasteiger partial charge in [0, 0.05) is 12.1 Å². The largest absolute Gasteiger partial charge is 0.507 e. The Morgan fingerprint density at radius 1 is 1.47 bits per heavy atom. The van der Waals surface area contributed by atoms with Crippen molar-refractivity contribution in [1.82, 2.24) is 5.32 Å². The highest BCUT2D eigenvalue weighted by molar-refractivity contribution is 14.1. The highest BCUT2D eigenvalue weighted by Crippen LogP contribution is 2.23. The standard InChI is InChI=1S/C14H19ClINO2/c1-14(2,3)7-10(15)8-17-13(19)9-4-5-11(16)12(18)6-9/h4-6,10,18H,7-8H2,1-3H3,(H,17,19). The average Bonchev–Trinajstić information content (AvgIpc) is 2.27. The number of rotatable bonds is 4. The van der Waals surface area contributed by atoms with Gasteiger partial charge in [-0.1, -0.05) is 20.8 Å². The molecule has 1 rings (SSSR count). The molecule has 0 spiro atoms. The Hall–Kier alpha value is -0.490. The molecule has 0 saturated carbocycles. The van der Waals surface area contributed by atoms with E-state index in [9.17, 15) is 9.90 Å². The van der Waals surface area contributed by atoms with Crippen LogP contribution in [0.3, 0.4) is 0 Å². The third-order valence-electron chi connectivity index (χ3n) is 2.53. The summed E-state index contributed by atoms with van der Waals surface area (Å²) in [6.45, 7) is 6.76. The van der Waals surface area contributed by atoms with Gasteiger partial charge in [0.25, 0.3) is 5.91 Å². The van der Waals surface area contributed by atoms with Crippen molar-refractivity contribution in [3.63, 3.8) is 0 Å². The Bertz CT molecular complexity index is 457. The van der Waals surface area contributed by atoms with Crippen molar-refractivity contribution in [2.24, 2.45) is 5.41 Å². The molecule has 0 aliphatic rings. The zero-order valence-corrected chi connectivity index (χ0v) is 14.2. The third kappa shape index (κ3) is 5.99. The number of benzene rings is 1. The second-order valence-corrected chi connectivity index (χ2v) is 7.52. The van der Waals surface area contributed by atoms with Crippen LogP contribution in [0.4, 0.5) is 0 Å². The van der Waals surface area contributed by atoms with Gasteiger partial charge in [0.2, 0.25) is 0 Å². The zero-order valence-electron chi connectivity index (χ0n) is 11.3. The lowest BCUT2D eigenvalue weighted by molar-refractivity contribution is 0.0951. The second-order valence-electron chi connectivity index (χ2n) is 5.74. The van der Waals surface area contributed by atoms with E-state index in [1.165, 1.54) is 6.07 Å². The summed E-state index contributed by atoms with van der Waals surface area (Å²) in [5.74, 6) is -0.100. The molecule has 1 aromatic rings. The molecule has 0 aromatic heterocycles. The van der Waals surface area contributed by atoms with E-state index in [0.717, 1.165) is 9.99 Å². The van der Waals surface area contributed by atoms with E-state index >= 15 is 0 Å². The lowest BCUT2D eigenvalue weighted by atomic mass is 9.90. The van der Waals surface area contributed by atoms with E-state index < -0.39 is 0 Å². The maximum Gasteiger partial charge on any atom is 0.251 e. The normalized spacial score (nSPS) is 13.1. The second kappa shape index (κ2) is 6.79. The first-order valence-corrected chi connectivity index (χ1v) is 7.61. The first kappa shape index (κ1) is 16.6. The van der Waals surface area contributed by atoms with Crippen molar-refractivity contribution >= 4 is 40.1 Å². The number of hydrogen-bond acceptors (Lipinski definition) is 2. The van der Waals surface area contributed by atoms with Crippen molar-refractivity contribution in [3.8, 4) is 5.75 Å². The fourth-order valence-electron chi connectivity index (χ4n) is 1.70. The lowest BCUT2D eigenvalue weighted by Crippen LogP contribution is -2.31. The molecule has 1 aromatic carbocycles. The highest BCUT2D eigenvalue weighted by Gasteiger charge is 2.17. The summed E-state index contributed by atoms with van der Waals surface area (Å²) in [7, 11) is 0. The predicted octanol–water partition coefficient (Wildman–Crippen LogP) is 3.77. The maximum absolute atomic E-state index is 11.9. The van der Waals surface area contributed by atoms with Gasteiger partial charge in [0.1, 0.15) is 5.75 Å². The summed E-state index contributed by atoms with van der Waals surface area (Å²) in [4.78, 5) is 11.9. The lowest BCUT2D eigenvalue weighted by Gasteiger charge is -2.22. The molecule has 0 heterocycles. The van der Waals surface area contributed by atoms with Gasteiger partial charge >= 0.3 is 0 Å². The zero-order chi connectivity index (χ0) is 14.6. The van der Waals surface area contributed by atoms with Crippen LogP contribution in [-0.2, 0) is 0 Å². The van der Waals surface area contributed by atoms with E-state index in [-0.39, 0.29) is 22.4 Å². The fraction of sp³-hybridized carbons (Fsp3) is 0.500. The average molecular weight is 396 g/mol. The number of carbonyl (C=O) groups excluding carboxylic acids is 1. The Balaban J connectivity index is 2.53. The molecule has 19 heavy (non-hydrogen) atoms. The van der Waals surface area contributed by atoms with Crippen LogP contribution in [0.2, 0.25) is 0 Å². The molecule has 5 heteroatoms. The number of carbonyl (C=O) groups is 1. The molecule has 2 N–H and O–H groups in total. The number of nitrogens with one attached hydrogen (secondary N) is 1. The molecular weight excluding hydrogens is 377 g/mol. The summed E-state index contributed by atoms with van der Waals surface area (Å²) in [6.07, 6.45) is 0.826. The van der Waals surface area contributed by atoms with Crippen molar-refractivity contribution in [1.29, 1.82) is 0 Å². The number of alkyl halides is 1. The monoisotopic (exact) mass is 395 g/mol. The topological polar surface area (TPSA) is 49.3 Å². The summed E-state index contributed by atoms with van der Waals surface area (Å²) < 4.78 is 0.720. The van der Waals surface area contributed by atoms with Gasteiger partial charge in [-0.2, -0.15) is 0 Å². The molecule has 0 radical (unpaired) electrons.